The van der Waals surface area contributed by atoms with E-state index in [0.717, 1.165) is 21.5 Å². The van der Waals surface area contributed by atoms with Gasteiger partial charge in [0.05, 0.1) is 22.8 Å². The van der Waals surface area contributed by atoms with Gasteiger partial charge in [0.15, 0.2) is 0 Å². The summed E-state index contributed by atoms with van der Waals surface area (Å²) < 4.78 is 0. The standard InChI is InChI=1S/C30H20N2O2.Pt/c33-29-21-9-3-1-7-19(21)15-17-23(29)25-11-5-13-27(31-25)28-14-6-12-26(32-28)24-18-16-20-8-2-4-10-22(20)30(24)34;/h1-18,33-34H;. The van der Waals surface area contributed by atoms with E-state index in [4.69, 9.17) is 9.97 Å². The van der Waals surface area contributed by atoms with E-state index in [-0.39, 0.29) is 32.6 Å². The van der Waals surface area contributed by atoms with Gasteiger partial charge in [-0.05, 0) is 47.2 Å². The number of nitrogens with zero attached hydrogens (tertiary/aromatic N) is 2. The molecule has 6 rings (SSSR count). The van der Waals surface area contributed by atoms with Gasteiger partial charge in [-0.2, -0.15) is 0 Å². The van der Waals surface area contributed by atoms with Crippen molar-refractivity contribution in [2.75, 3.05) is 0 Å². The van der Waals surface area contributed by atoms with Gasteiger partial charge in [-0.15, -0.1) is 0 Å². The molecule has 0 aliphatic carbocycles. The van der Waals surface area contributed by atoms with Crippen LogP contribution in [0.5, 0.6) is 11.5 Å². The van der Waals surface area contributed by atoms with E-state index in [9.17, 15) is 10.2 Å². The fourth-order valence-corrected chi connectivity index (χ4v) is 4.38. The average Bonchev–Trinajstić information content (AvgIpc) is 2.90. The maximum atomic E-state index is 10.9. The Kier molecular flexibility index (Phi) is 6.06. The third-order valence-corrected chi connectivity index (χ3v) is 6.11. The number of benzene rings is 4. The Morgan fingerprint density at radius 2 is 0.800 bits per heavy atom. The predicted molar refractivity (Wildman–Crippen MR) is 137 cm³/mol. The SMILES string of the molecule is Oc1c(-c2cccc(-c3cccc(-c4ccc5ccccc5c4O)n3)n2)ccc2ccccc12.[Pt]. The van der Waals surface area contributed by atoms with Crippen LogP contribution in [0.15, 0.2) is 109 Å². The zero-order valence-corrected chi connectivity index (χ0v) is 20.8. The molecule has 172 valence electrons. The third-order valence-electron chi connectivity index (χ3n) is 6.11. The van der Waals surface area contributed by atoms with Crippen molar-refractivity contribution in [2.45, 2.75) is 0 Å². The number of aromatic nitrogens is 2. The van der Waals surface area contributed by atoms with Gasteiger partial charge in [-0.25, -0.2) is 9.97 Å². The maximum absolute atomic E-state index is 10.9. The largest absolute Gasteiger partial charge is 0.507 e. The number of phenols is 2. The quantitative estimate of drug-likeness (QED) is 0.216. The number of aromatic hydroxyl groups is 2. The van der Waals surface area contributed by atoms with Crippen LogP contribution in [0.3, 0.4) is 0 Å². The first-order valence-electron chi connectivity index (χ1n) is 11.1. The second-order valence-electron chi connectivity index (χ2n) is 8.18. The summed E-state index contributed by atoms with van der Waals surface area (Å²) >= 11 is 0. The molecule has 6 aromatic rings. The number of phenolic OH excluding ortho intramolecular Hbond substituents is 2. The summed E-state index contributed by atoms with van der Waals surface area (Å²) in [7, 11) is 0. The molecule has 0 aliphatic rings. The van der Waals surface area contributed by atoms with E-state index in [1.165, 1.54) is 0 Å². The zero-order chi connectivity index (χ0) is 23.1. The summed E-state index contributed by atoms with van der Waals surface area (Å²) in [6.07, 6.45) is 0. The first-order valence-corrected chi connectivity index (χ1v) is 11.1. The molecule has 4 aromatic carbocycles. The first-order chi connectivity index (χ1) is 16.7. The van der Waals surface area contributed by atoms with Crippen molar-refractivity contribution in [3.63, 3.8) is 0 Å². The van der Waals surface area contributed by atoms with Crippen LogP contribution in [-0.4, -0.2) is 20.2 Å². The zero-order valence-electron chi connectivity index (χ0n) is 18.5. The minimum atomic E-state index is 0. The second kappa shape index (κ2) is 9.32. The number of hydrogen-bond donors (Lipinski definition) is 2. The van der Waals surface area contributed by atoms with Gasteiger partial charge in [-0.3, -0.25) is 0 Å². The summed E-state index contributed by atoms with van der Waals surface area (Å²) in [5.74, 6) is 0.427. The first kappa shape index (κ1) is 22.8. The normalized spacial score (nSPS) is 10.9. The molecule has 0 saturated carbocycles. The Morgan fingerprint density at radius 3 is 1.26 bits per heavy atom. The maximum Gasteiger partial charge on any atom is 0.132 e. The van der Waals surface area contributed by atoms with Crippen molar-refractivity contribution in [1.29, 1.82) is 0 Å². The molecule has 0 aliphatic heterocycles. The summed E-state index contributed by atoms with van der Waals surface area (Å²) in [4.78, 5) is 9.61. The van der Waals surface area contributed by atoms with E-state index in [0.29, 0.717) is 33.9 Å². The van der Waals surface area contributed by atoms with Gasteiger partial charge in [0, 0.05) is 43.0 Å². The summed E-state index contributed by atoms with van der Waals surface area (Å²) in [5, 5.41) is 25.3. The van der Waals surface area contributed by atoms with Crippen LogP contribution in [0, 0.1) is 0 Å². The molecule has 0 radical (unpaired) electrons. The van der Waals surface area contributed by atoms with Crippen LogP contribution in [0.2, 0.25) is 0 Å². The Hall–Kier alpha value is -4.01. The van der Waals surface area contributed by atoms with E-state index >= 15 is 0 Å². The van der Waals surface area contributed by atoms with Crippen LogP contribution in [-0.2, 0) is 21.1 Å². The Bertz CT molecular complexity index is 1570. The van der Waals surface area contributed by atoms with Crippen LogP contribution in [0.4, 0.5) is 0 Å². The third kappa shape index (κ3) is 4.07. The van der Waals surface area contributed by atoms with Crippen molar-refractivity contribution >= 4 is 21.5 Å². The minimum Gasteiger partial charge on any atom is -0.507 e. The number of rotatable bonds is 3. The van der Waals surface area contributed by atoms with Gasteiger partial charge in [-0.1, -0.05) is 72.8 Å². The summed E-state index contributed by atoms with van der Waals surface area (Å²) in [6, 6.07) is 34.6. The van der Waals surface area contributed by atoms with Crippen LogP contribution in [0.25, 0.3) is 55.4 Å². The van der Waals surface area contributed by atoms with Crippen molar-refractivity contribution < 1.29 is 31.3 Å². The average molecular weight is 636 g/mol. The van der Waals surface area contributed by atoms with Crippen molar-refractivity contribution in [3.05, 3.63) is 109 Å². The Morgan fingerprint density at radius 1 is 0.400 bits per heavy atom. The second-order valence-corrected chi connectivity index (χ2v) is 8.18. The van der Waals surface area contributed by atoms with Gasteiger partial charge >= 0.3 is 0 Å². The fraction of sp³-hybridized carbons (Fsp3) is 0. The Balaban J connectivity index is 0.00000253. The number of pyridine rings is 2. The fourth-order valence-electron chi connectivity index (χ4n) is 4.38. The molecule has 0 saturated heterocycles. The molecule has 2 heterocycles. The molecule has 5 heteroatoms. The molecule has 0 atom stereocenters. The molecular formula is C30H20N2O2Pt. The van der Waals surface area contributed by atoms with Gasteiger partial charge in [0.1, 0.15) is 11.5 Å². The number of hydrogen-bond acceptors (Lipinski definition) is 4. The monoisotopic (exact) mass is 635 g/mol. The molecule has 0 amide bonds. The molecule has 0 spiro atoms. The molecular weight excluding hydrogens is 615 g/mol. The molecule has 2 aromatic heterocycles. The topological polar surface area (TPSA) is 66.2 Å². The predicted octanol–water partition coefficient (Wildman–Crippen LogP) is 7.19. The van der Waals surface area contributed by atoms with E-state index in [1.807, 2.05) is 109 Å². The summed E-state index contributed by atoms with van der Waals surface area (Å²) in [6.45, 7) is 0. The molecule has 0 fully saturated rings. The molecule has 0 bridgehead atoms. The summed E-state index contributed by atoms with van der Waals surface area (Å²) in [5.41, 5.74) is 4.05. The van der Waals surface area contributed by atoms with Crippen molar-refractivity contribution in [1.82, 2.24) is 9.97 Å². The smallest absolute Gasteiger partial charge is 0.132 e. The number of fused-ring (bicyclic) bond motifs is 2. The molecule has 2 N–H and O–H groups in total. The molecule has 0 unspecified atom stereocenters. The van der Waals surface area contributed by atoms with Gasteiger partial charge in [0.2, 0.25) is 0 Å². The van der Waals surface area contributed by atoms with E-state index in [2.05, 4.69) is 0 Å². The van der Waals surface area contributed by atoms with Crippen molar-refractivity contribution in [2.24, 2.45) is 0 Å². The van der Waals surface area contributed by atoms with Gasteiger partial charge in [0.25, 0.3) is 0 Å². The van der Waals surface area contributed by atoms with E-state index in [1.54, 1.807) is 0 Å². The molecule has 35 heavy (non-hydrogen) atoms. The molecule has 4 nitrogen and oxygen atoms in total. The van der Waals surface area contributed by atoms with Crippen LogP contribution >= 0.6 is 0 Å². The van der Waals surface area contributed by atoms with Crippen LogP contribution < -0.4 is 0 Å². The minimum absolute atomic E-state index is 0. The van der Waals surface area contributed by atoms with E-state index < -0.39 is 0 Å². The Labute approximate surface area is 216 Å². The van der Waals surface area contributed by atoms with Crippen molar-refractivity contribution in [3.8, 4) is 45.4 Å². The van der Waals surface area contributed by atoms with Gasteiger partial charge < -0.3 is 10.2 Å². The van der Waals surface area contributed by atoms with Crippen LogP contribution in [0.1, 0.15) is 0 Å².